The summed E-state index contributed by atoms with van der Waals surface area (Å²) in [5.41, 5.74) is 3.82. The molecule has 2 aliphatic heterocycles. The first-order valence-corrected chi connectivity index (χ1v) is 11.4. The first kappa shape index (κ1) is 19.9. The summed E-state index contributed by atoms with van der Waals surface area (Å²) in [7, 11) is 0. The summed E-state index contributed by atoms with van der Waals surface area (Å²) < 4.78 is 7.32. The Morgan fingerprint density at radius 2 is 1.82 bits per heavy atom. The van der Waals surface area contributed by atoms with Crippen molar-refractivity contribution in [2.45, 2.75) is 18.7 Å². The van der Waals surface area contributed by atoms with Crippen molar-refractivity contribution in [3.63, 3.8) is 0 Å². The number of ether oxygens (including phenoxy) is 1. The fraction of sp³-hybridized carbons (Fsp3) is 0.115. The van der Waals surface area contributed by atoms with Crippen LogP contribution in [0.3, 0.4) is 0 Å². The quantitative estimate of drug-likeness (QED) is 0.231. The second kappa shape index (κ2) is 7.71. The zero-order chi connectivity index (χ0) is 22.5. The molecular weight excluding hydrogens is 482 g/mol. The van der Waals surface area contributed by atoms with E-state index >= 15 is 0 Å². The number of fused-ring (bicyclic) bond motifs is 4. The third-order valence-electron chi connectivity index (χ3n) is 6.20. The number of nitro groups is 1. The van der Waals surface area contributed by atoms with Gasteiger partial charge in [-0.3, -0.25) is 10.1 Å². The van der Waals surface area contributed by atoms with Crippen LogP contribution >= 0.6 is 15.9 Å². The Bertz CT molecular complexity index is 1450. The van der Waals surface area contributed by atoms with Crippen molar-refractivity contribution < 1.29 is 9.66 Å². The minimum Gasteiger partial charge on any atom is -0.464 e. The Balaban J connectivity index is 1.46. The molecule has 4 aromatic carbocycles. The third-order valence-corrected chi connectivity index (χ3v) is 6.69. The van der Waals surface area contributed by atoms with Crippen LogP contribution in [0.25, 0.3) is 10.8 Å². The molecule has 0 aliphatic carbocycles. The highest BCUT2D eigenvalue weighted by atomic mass is 79.9. The molecule has 0 N–H and O–H groups in total. The van der Waals surface area contributed by atoms with Gasteiger partial charge in [0.1, 0.15) is 5.75 Å². The normalized spacial score (nSPS) is 18.9. The lowest BCUT2D eigenvalue weighted by Crippen LogP contribution is -2.33. The van der Waals surface area contributed by atoms with Crippen LogP contribution in [-0.4, -0.2) is 15.6 Å². The fourth-order valence-electron chi connectivity index (χ4n) is 4.61. The third kappa shape index (κ3) is 3.45. The van der Waals surface area contributed by atoms with Crippen molar-refractivity contribution in [2.24, 2.45) is 5.10 Å². The Morgan fingerprint density at radius 1 is 0.970 bits per heavy atom. The van der Waals surface area contributed by atoms with Gasteiger partial charge in [0, 0.05) is 34.2 Å². The molecule has 2 aliphatic rings. The molecule has 7 heteroatoms. The molecule has 0 fully saturated rings. The van der Waals surface area contributed by atoms with Gasteiger partial charge in [-0.2, -0.15) is 5.10 Å². The predicted octanol–water partition coefficient (Wildman–Crippen LogP) is 6.75. The summed E-state index contributed by atoms with van der Waals surface area (Å²) in [6.45, 7) is 0. The standard InChI is InChI=1S/C26H18BrN3O3/c27-20-10-11-25-22(14-20)24-15-23(18-9-8-16-4-1-2-5-17(16)12-18)28-29(24)26(33-25)19-6-3-7-21(13-19)30(31)32/h1-14,24,26H,15H2/t24-,26-/m0/s1. The summed E-state index contributed by atoms with van der Waals surface area (Å²) in [5.74, 6) is 0.769. The van der Waals surface area contributed by atoms with Gasteiger partial charge in [0.2, 0.25) is 6.23 Å². The van der Waals surface area contributed by atoms with Gasteiger partial charge < -0.3 is 4.74 Å². The second-order valence-corrected chi connectivity index (χ2v) is 9.13. The van der Waals surface area contributed by atoms with Gasteiger partial charge in [-0.15, -0.1) is 0 Å². The van der Waals surface area contributed by atoms with Crippen LogP contribution in [0.2, 0.25) is 0 Å². The van der Waals surface area contributed by atoms with Crippen molar-refractivity contribution in [1.82, 2.24) is 5.01 Å². The fourth-order valence-corrected chi connectivity index (χ4v) is 4.99. The van der Waals surface area contributed by atoms with Crippen molar-refractivity contribution >= 4 is 38.1 Å². The molecule has 6 nitrogen and oxygen atoms in total. The highest BCUT2D eigenvalue weighted by molar-refractivity contribution is 9.10. The molecule has 2 atom stereocenters. The van der Waals surface area contributed by atoms with Gasteiger partial charge in [0.25, 0.3) is 5.69 Å². The molecule has 0 radical (unpaired) electrons. The molecular formula is C26H18BrN3O3. The topological polar surface area (TPSA) is 68.0 Å². The summed E-state index contributed by atoms with van der Waals surface area (Å²) in [5, 5.41) is 20.6. The van der Waals surface area contributed by atoms with Crippen LogP contribution in [0.4, 0.5) is 5.69 Å². The number of nitrogens with zero attached hydrogens (tertiary/aromatic N) is 3. The molecule has 162 valence electrons. The number of benzene rings is 4. The van der Waals surface area contributed by atoms with Crippen molar-refractivity contribution in [3.05, 3.63) is 116 Å². The van der Waals surface area contributed by atoms with Crippen LogP contribution in [0.5, 0.6) is 5.75 Å². The number of non-ortho nitro benzene ring substituents is 1. The summed E-state index contributed by atoms with van der Waals surface area (Å²) in [6, 6.07) is 27.2. The SMILES string of the molecule is O=[N+]([O-])c1cccc([C@@H]2Oc3ccc(Br)cc3[C@@H]3CC(c4ccc5ccccc5c4)=NN32)c1. The lowest BCUT2D eigenvalue weighted by atomic mass is 9.95. The van der Waals surface area contributed by atoms with Crippen LogP contribution in [0.15, 0.2) is 94.5 Å². The summed E-state index contributed by atoms with van der Waals surface area (Å²) >= 11 is 3.57. The minimum absolute atomic E-state index is 0.0306. The monoisotopic (exact) mass is 499 g/mol. The molecule has 0 spiro atoms. The first-order valence-electron chi connectivity index (χ1n) is 10.6. The van der Waals surface area contributed by atoms with Gasteiger partial charge >= 0.3 is 0 Å². The van der Waals surface area contributed by atoms with Crippen molar-refractivity contribution in [3.8, 4) is 5.75 Å². The van der Waals surface area contributed by atoms with Crippen molar-refractivity contribution in [2.75, 3.05) is 0 Å². The highest BCUT2D eigenvalue weighted by Gasteiger charge is 2.41. The van der Waals surface area contributed by atoms with Crippen LogP contribution in [0, 0.1) is 10.1 Å². The number of nitro benzene ring substituents is 1. The maximum Gasteiger partial charge on any atom is 0.269 e. The zero-order valence-corrected chi connectivity index (χ0v) is 19.0. The van der Waals surface area contributed by atoms with Gasteiger partial charge in [0.15, 0.2) is 0 Å². The Morgan fingerprint density at radius 3 is 2.67 bits per heavy atom. The predicted molar refractivity (Wildman–Crippen MR) is 130 cm³/mol. The molecule has 4 aromatic rings. The molecule has 33 heavy (non-hydrogen) atoms. The van der Waals surface area contributed by atoms with E-state index in [4.69, 9.17) is 9.84 Å². The Kier molecular flexibility index (Phi) is 4.66. The van der Waals surface area contributed by atoms with E-state index in [0.29, 0.717) is 5.56 Å². The molecule has 0 saturated carbocycles. The summed E-state index contributed by atoms with van der Waals surface area (Å²) in [4.78, 5) is 11.0. The van der Waals surface area contributed by atoms with Crippen LogP contribution in [0.1, 0.15) is 35.4 Å². The zero-order valence-electron chi connectivity index (χ0n) is 17.4. The number of hydrogen-bond donors (Lipinski definition) is 0. The number of rotatable bonds is 3. The van der Waals surface area contributed by atoms with E-state index in [0.717, 1.165) is 38.9 Å². The number of hydrazone groups is 1. The highest BCUT2D eigenvalue weighted by Crippen LogP contribution is 2.48. The first-order chi connectivity index (χ1) is 16.1. The van der Waals surface area contributed by atoms with E-state index in [1.165, 1.54) is 11.5 Å². The van der Waals surface area contributed by atoms with Gasteiger partial charge in [0.05, 0.1) is 16.7 Å². The summed E-state index contributed by atoms with van der Waals surface area (Å²) in [6.07, 6.45) is 0.165. The average molecular weight is 500 g/mol. The average Bonchev–Trinajstić information content (AvgIpc) is 3.29. The largest absolute Gasteiger partial charge is 0.464 e. The molecule has 0 bridgehead atoms. The second-order valence-electron chi connectivity index (χ2n) is 8.21. The van der Waals surface area contributed by atoms with E-state index in [1.807, 2.05) is 35.3 Å². The lowest BCUT2D eigenvalue weighted by Gasteiger charge is -2.38. The number of hydrogen-bond acceptors (Lipinski definition) is 5. The maximum absolute atomic E-state index is 11.4. The molecule has 0 saturated heterocycles. The Labute approximate surface area is 198 Å². The molecule has 0 aromatic heterocycles. The van der Waals surface area contributed by atoms with Crippen LogP contribution in [-0.2, 0) is 0 Å². The van der Waals surface area contributed by atoms with Gasteiger partial charge in [-0.25, -0.2) is 5.01 Å². The molecule has 0 amide bonds. The minimum atomic E-state index is -0.554. The van der Waals surface area contributed by atoms with Crippen LogP contribution < -0.4 is 4.74 Å². The Hall–Kier alpha value is -3.71. The lowest BCUT2D eigenvalue weighted by molar-refractivity contribution is -0.385. The van der Waals surface area contributed by atoms with E-state index in [1.54, 1.807) is 12.1 Å². The van der Waals surface area contributed by atoms with Gasteiger partial charge in [-0.1, -0.05) is 64.5 Å². The smallest absolute Gasteiger partial charge is 0.269 e. The molecule has 6 rings (SSSR count). The van der Waals surface area contributed by atoms with E-state index in [2.05, 4.69) is 52.3 Å². The van der Waals surface area contributed by atoms with E-state index < -0.39 is 6.23 Å². The molecule has 2 heterocycles. The van der Waals surface area contributed by atoms with Crippen molar-refractivity contribution in [1.29, 1.82) is 0 Å². The van der Waals surface area contributed by atoms with Gasteiger partial charge in [-0.05, 0) is 40.6 Å². The molecule has 0 unspecified atom stereocenters. The van der Waals surface area contributed by atoms with E-state index in [-0.39, 0.29) is 16.7 Å². The van der Waals surface area contributed by atoms with E-state index in [9.17, 15) is 10.1 Å². The number of halogens is 1. The maximum atomic E-state index is 11.4.